The summed E-state index contributed by atoms with van der Waals surface area (Å²) in [5.41, 5.74) is 4.61. The Morgan fingerprint density at radius 1 is 1.08 bits per heavy atom. The average Bonchev–Trinajstić information content (AvgIpc) is 2.82. The Balaban J connectivity index is 1.99. The maximum atomic E-state index is 12.6. The monoisotopic (exact) mass is 321 g/mol. The number of H-pyrrole nitrogens is 1. The summed E-state index contributed by atoms with van der Waals surface area (Å²) in [6, 6.07) is 12.7. The quantitative estimate of drug-likeness (QED) is 0.724. The zero-order valence-electron chi connectivity index (χ0n) is 13.9. The van der Waals surface area contributed by atoms with Crippen LogP contribution in [0.15, 0.2) is 52.3 Å². The fourth-order valence-electron chi connectivity index (χ4n) is 2.51. The molecule has 24 heavy (non-hydrogen) atoms. The summed E-state index contributed by atoms with van der Waals surface area (Å²) < 4.78 is 1.51. The molecular formula is C19H19N3O2. The van der Waals surface area contributed by atoms with Gasteiger partial charge in [-0.25, -0.2) is 4.68 Å². The lowest BCUT2D eigenvalue weighted by atomic mass is 10.2. The van der Waals surface area contributed by atoms with Crippen LogP contribution in [-0.4, -0.2) is 21.1 Å². The third kappa shape index (κ3) is 3.01. The predicted molar refractivity (Wildman–Crippen MR) is 96.0 cm³/mol. The maximum absolute atomic E-state index is 12.6. The van der Waals surface area contributed by atoms with E-state index in [9.17, 15) is 9.90 Å². The van der Waals surface area contributed by atoms with Gasteiger partial charge in [-0.05, 0) is 56.7 Å². The molecule has 0 bridgehead atoms. The zero-order valence-corrected chi connectivity index (χ0v) is 13.9. The van der Waals surface area contributed by atoms with E-state index in [1.54, 1.807) is 24.4 Å². The summed E-state index contributed by atoms with van der Waals surface area (Å²) in [5.74, 6) is 0.200. The molecule has 122 valence electrons. The van der Waals surface area contributed by atoms with Crippen LogP contribution in [0.1, 0.15) is 22.4 Å². The summed E-state index contributed by atoms with van der Waals surface area (Å²) in [6.45, 7) is 5.71. The molecule has 2 N–H and O–H groups in total. The summed E-state index contributed by atoms with van der Waals surface area (Å²) in [6.07, 6.45) is 1.57. The number of hydrogen-bond acceptors (Lipinski definition) is 3. The van der Waals surface area contributed by atoms with Gasteiger partial charge in [0.05, 0.1) is 16.9 Å². The number of aromatic hydroxyl groups is 1. The minimum absolute atomic E-state index is 0.142. The van der Waals surface area contributed by atoms with Crippen molar-refractivity contribution in [3.63, 3.8) is 0 Å². The molecular weight excluding hydrogens is 302 g/mol. The van der Waals surface area contributed by atoms with Crippen LogP contribution in [0, 0.1) is 20.8 Å². The van der Waals surface area contributed by atoms with E-state index in [1.807, 2.05) is 45.0 Å². The Labute approximate surface area is 139 Å². The van der Waals surface area contributed by atoms with Crippen LogP contribution in [0.4, 0.5) is 5.69 Å². The lowest BCUT2D eigenvalue weighted by Gasteiger charge is -2.01. The number of rotatable bonds is 3. The molecule has 0 radical (unpaired) electrons. The van der Waals surface area contributed by atoms with Gasteiger partial charge in [0, 0.05) is 11.9 Å². The van der Waals surface area contributed by atoms with Crippen molar-refractivity contribution in [2.24, 2.45) is 4.99 Å². The topological polar surface area (TPSA) is 70.4 Å². The molecule has 5 nitrogen and oxygen atoms in total. The highest BCUT2D eigenvalue weighted by molar-refractivity contribution is 5.83. The molecule has 0 unspecified atom stereocenters. The van der Waals surface area contributed by atoms with Crippen molar-refractivity contribution in [2.45, 2.75) is 20.8 Å². The first-order valence-corrected chi connectivity index (χ1v) is 7.68. The van der Waals surface area contributed by atoms with Crippen LogP contribution >= 0.6 is 0 Å². The molecule has 2 aromatic carbocycles. The molecule has 1 aromatic heterocycles. The average molecular weight is 321 g/mol. The van der Waals surface area contributed by atoms with Gasteiger partial charge in [0.25, 0.3) is 5.56 Å². The van der Waals surface area contributed by atoms with Crippen molar-refractivity contribution in [1.82, 2.24) is 9.78 Å². The Morgan fingerprint density at radius 3 is 2.46 bits per heavy atom. The highest BCUT2D eigenvalue weighted by atomic mass is 16.3. The van der Waals surface area contributed by atoms with Gasteiger partial charge in [-0.2, -0.15) is 0 Å². The molecule has 0 atom stereocenters. The second kappa shape index (κ2) is 6.20. The van der Waals surface area contributed by atoms with E-state index in [-0.39, 0.29) is 11.3 Å². The lowest BCUT2D eigenvalue weighted by Crippen LogP contribution is -2.17. The summed E-state index contributed by atoms with van der Waals surface area (Å²) in [7, 11) is 0. The first kappa shape index (κ1) is 15.8. The number of phenols is 1. The summed E-state index contributed by atoms with van der Waals surface area (Å²) in [4.78, 5) is 17.0. The van der Waals surface area contributed by atoms with Crippen LogP contribution in [0.5, 0.6) is 5.75 Å². The van der Waals surface area contributed by atoms with Gasteiger partial charge in [0.1, 0.15) is 5.75 Å². The minimum atomic E-state index is -0.142. The van der Waals surface area contributed by atoms with Crippen LogP contribution in [-0.2, 0) is 0 Å². The smallest absolute Gasteiger partial charge is 0.280 e. The molecule has 0 saturated carbocycles. The van der Waals surface area contributed by atoms with Crippen molar-refractivity contribution in [3.8, 4) is 11.4 Å². The van der Waals surface area contributed by atoms with Gasteiger partial charge < -0.3 is 5.11 Å². The van der Waals surface area contributed by atoms with E-state index in [4.69, 9.17) is 0 Å². The second-order valence-corrected chi connectivity index (χ2v) is 5.86. The number of aliphatic imine (C=N–C) groups is 1. The number of aromatic nitrogens is 2. The SMILES string of the molecule is Cc1ccc(-n2[nH]c(C)c(C=Nc3ccc(O)cc3C)c2=O)cc1. The van der Waals surface area contributed by atoms with Gasteiger partial charge >= 0.3 is 0 Å². The van der Waals surface area contributed by atoms with E-state index in [2.05, 4.69) is 10.1 Å². The van der Waals surface area contributed by atoms with Gasteiger partial charge in [0.2, 0.25) is 0 Å². The highest BCUT2D eigenvalue weighted by Crippen LogP contribution is 2.22. The van der Waals surface area contributed by atoms with Gasteiger partial charge in [-0.3, -0.25) is 14.9 Å². The van der Waals surface area contributed by atoms with E-state index in [0.29, 0.717) is 5.56 Å². The van der Waals surface area contributed by atoms with Gasteiger partial charge in [0.15, 0.2) is 0 Å². The fourth-order valence-corrected chi connectivity index (χ4v) is 2.51. The number of phenolic OH excluding ortho intramolecular Hbond substituents is 1. The molecule has 0 saturated heterocycles. The number of nitrogens with zero attached hydrogens (tertiary/aromatic N) is 2. The fraction of sp³-hybridized carbons (Fsp3) is 0.158. The molecule has 3 aromatic rings. The van der Waals surface area contributed by atoms with E-state index in [1.165, 1.54) is 4.68 Å². The normalized spacial score (nSPS) is 11.3. The number of hydrogen-bond donors (Lipinski definition) is 2. The molecule has 0 aliphatic carbocycles. The Morgan fingerprint density at radius 2 is 1.79 bits per heavy atom. The van der Waals surface area contributed by atoms with Crippen LogP contribution in [0.3, 0.4) is 0 Å². The first-order chi connectivity index (χ1) is 11.5. The maximum Gasteiger partial charge on any atom is 0.280 e. The molecule has 0 fully saturated rings. The van der Waals surface area contributed by atoms with Gasteiger partial charge in [-0.15, -0.1) is 0 Å². The molecule has 0 aliphatic rings. The molecule has 5 heteroatoms. The Hall–Kier alpha value is -3.08. The lowest BCUT2D eigenvalue weighted by molar-refractivity contribution is 0.475. The van der Waals surface area contributed by atoms with Crippen molar-refractivity contribution < 1.29 is 5.11 Å². The first-order valence-electron chi connectivity index (χ1n) is 7.68. The van der Waals surface area contributed by atoms with E-state index < -0.39 is 0 Å². The third-order valence-electron chi connectivity index (χ3n) is 3.92. The number of nitrogens with one attached hydrogen (secondary N) is 1. The van der Waals surface area contributed by atoms with Crippen LogP contribution in [0.2, 0.25) is 0 Å². The van der Waals surface area contributed by atoms with Crippen LogP contribution in [0.25, 0.3) is 5.69 Å². The van der Waals surface area contributed by atoms with Crippen molar-refractivity contribution in [2.75, 3.05) is 0 Å². The molecule has 0 aliphatic heterocycles. The minimum Gasteiger partial charge on any atom is -0.508 e. The van der Waals surface area contributed by atoms with E-state index in [0.717, 1.165) is 28.2 Å². The van der Waals surface area contributed by atoms with Crippen LogP contribution < -0.4 is 5.56 Å². The van der Waals surface area contributed by atoms with Crippen molar-refractivity contribution in [1.29, 1.82) is 0 Å². The molecule has 0 amide bonds. The Bertz CT molecular complexity index is 963. The highest BCUT2D eigenvalue weighted by Gasteiger charge is 2.10. The van der Waals surface area contributed by atoms with Crippen molar-refractivity contribution >= 4 is 11.9 Å². The standard InChI is InChI=1S/C19H19N3O2/c1-12-4-6-15(7-5-12)22-19(24)17(14(3)21-22)11-20-18-9-8-16(23)10-13(18)2/h4-11,21,23H,1-3H3. The largest absolute Gasteiger partial charge is 0.508 e. The van der Waals surface area contributed by atoms with Crippen molar-refractivity contribution in [3.05, 3.63) is 75.2 Å². The molecule has 3 rings (SSSR count). The second-order valence-electron chi connectivity index (χ2n) is 5.86. The number of aryl methyl sites for hydroxylation is 3. The van der Waals surface area contributed by atoms with Gasteiger partial charge in [-0.1, -0.05) is 17.7 Å². The summed E-state index contributed by atoms with van der Waals surface area (Å²) >= 11 is 0. The molecule has 1 heterocycles. The zero-order chi connectivity index (χ0) is 17.3. The molecule has 0 spiro atoms. The van der Waals surface area contributed by atoms with E-state index >= 15 is 0 Å². The third-order valence-corrected chi connectivity index (χ3v) is 3.92. The number of benzene rings is 2. The number of aromatic amines is 1. The summed E-state index contributed by atoms with van der Waals surface area (Å²) in [5, 5.41) is 12.5. The Kier molecular flexibility index (Phi) is 4.08. The predicted octanol–water partition coefficient (Wildman–Crippen LogP) is 3.55.